The van der Waals surface area contributed by atoms with Gasteiger partial charge in [-0.3, -0.25) is 9.59 Å². The lowest BCUT2D eigenvalue weighted by Gasteiger charge is -2.09. The molecule has 23 heavy (non-hydrogen) atoms. The fraction of sp³-hybridized carbons (Fsp3) is 0.125. The van der Waals surface area contributed by atoms with Crippen LogP contribution in [0.4, 0.5) is 5.69 Å². The minimum atomic E-state index is -0.352. The number of hydrogen-bond acceptors (Lipinski definition) is 3. The van der Waals surface area contributed by atoms with Gasteiger partial charge in [0.25, 0.3) is 5.91 Å². The van der Waals surface area contributed by atoms with Crippen LogP contribution in [0.3, 0.4) is 0 Å². The number of halogens is 2. The van der Waals surface area contributed by atoms with E-state index in [1.54, 1.807) is 36.4 Å². The molecular weight excluding hydrogens is 384 g/mol. The van der Waals surface area contributed by atoms with Crippen molar-refractivity contribution in [2.75, 3.05) is 19.0 Å². The number of carbonyl (C=O) groups excluding carboxylic acids is 2. The quantitative estimate of drug-likeness (QED) is 0.812. The maximum Gasteiger partial charge on any atom is 0.251 e. The zero-order valence-corrected chi connectivity index (χ0v) is 14.6. The van der Waals surface area contributed by atoms with Crippen molar-refractivity contribution in [2.45, 2.75) is 0 Å². The Labute approximate surface area is 147 Å². The Morgan fingerprint density at radius 2 is 2.00 bits per heavy atom. The second-order valence-corrected chi connectivity index (χ2v) is 5.91. The molecule has 120 valence electrons. The van der Waals surface area contributed by atoms with Gasteiger partial charge in [0.05, 0.1) is 18.7 Å². The van der Waals surface area contributed by atoms with Gasteiger partial charge >= 0.3 is 0 Å². The molecule has 5 nitrogen and oxygen atoms in total. The first-order chi connectivity index (χ1) is 11.0. The molecule has 7 heteroatoms. The zero-order chi connectivity index (χ0) is 16.8. The van der Waals surface area contributed by atoms with Crippen LogP contribution in [-0.2, 0) is 4.79 Å². The lowest BCUT2D eigenvalue weighted by Crippen LogP contribution is -2.32. The van der Waals surface area contributed by atoms with Crippen molar-refractivity contribution < 1.29 is 14.3 Å². The van der Waals surface area contributed by atoms with E-state index in [-0.39, 0.29) is 18.4 Å². The van der Waals surface area contributed by atoms with Crippen LogP contribution in [-0.4, -0.2) is 25.5 Å². The summed E-state index contributed by atoms with van der Waals surface area (Å²) < 4.78 is 5.83. The first kappa shape index (κ1) is 17.3. The number of ether oxygens (including phenoxy) is 1. The molecule has 0 bridgehead atoms. The van der Waals surface area contributed by atoms with Gasteiger partial charge in [0.2, 0.25) is 5.91 Å². The minimum absolute atomic E-state index is 0.144. The summed E-state index contributed by atoms with van der Waals surface area (Å²) in [6.07, 6.45) is 0. The second kappa shape index (κ2) is 7.99. The van der Waals surface area contributed by atoms with E-state index >= 15 is 0 Å². The third kappa shape index (κ3) is 4.97. The average Bonchev–Trinajstić information content (AvgIpc) is 2.53. The molecule has 0 atom stereocenters. The van der Waals surface area contributed by atoms with E-state index in [2.05, 4.69) is 26.6 Å². The lowest BCUT2D eigenvalue weighted by atomic mass is 10.2. The van der Waals surface area contributed by atoms with Gasteiger partial charge in [-0.1, -0.05) is 33.6 Å². The molecule has 0 aliphatic rings. The largest absolute Gasteiger partial charge is 0.495 e. The predicted octanol–water partition coefficient (Wildman–Crippen LogP) is 3.48. The van der Waals surface area contributed by atoms with Crippen LogP contribution in [0.25, 0.3) is 0 Å². The SMILES string of the molecule is COc1ccc(NC(=O)CNC(=O)c2cccc(Br)c2)cc1Cl. The molecule has 0 aliphatic heterocycles. The molecule has 0 saturated carbocycles. The number of methoxy groups -OCH3 is 1. The Morgan fingerprint density at radius 1 is 1.22 bits per heavy atom. The summed E-state index contributed by atoms with van der Waals surface area (Å²) in [5.74, 6) is -0.156. The molecule has 0 heterocycles. The van der Waals surface area contributed by atoms with Gasteiger partial charge in [0.15, 0.2) is 0 Å². The Bertz CT molecular complexity index is 737. The Hall–Kier alpha value is -2.05. The molecule has 0 saturated heterocycles. The monoisotopic (exact) mass is 396 g/mol. The number of benzene rings is 2. The third-order valence-electron chi connectivity index (χ3n) is 2.93. The molecule has 0 radical (unpaired) electrons. The van der Waals surface area contributed by atoms with Crippen molar-refractivity contribution in [1.29, 1.82) is 0 Å². The van der Waals surface area contributed by atoms with Crippen LogP contribution >= 0.6 is 27.5 Å². The van der Waals surface area contributed by atoms with Crippen molar-refractivity contribution in [3.8, 4) is 5.75 Å². The fourth-order valence-corrected chi connectivity index (χ4v) is 2.50. The number of hydrogen-bond donors (Lipinski definition) is 2. The van der Waals surface area contributed by atoms with Gasteiger partial charge in [0, 0.05) is 15.7 Å². The molecule has 2 rings (SSSR count). The number of amides is 2. The predicted molar refractivity (Wildman–Crippen MR) is 93.1 cm³/mol. The van der Waals surface area contributed by atoms with Crippen LogP contribution in [0.2, 0.25) is 5.02 Å². The summed E-state index contributed by atoms with van der Waals surface area (Å²) in [6, 6.07) is 11.8. The highest BCUT2D eigenvalue weighted by Gasteiger charge is 2.09. The van der Waals surface area contributed by atoms with Crippen molar-refractivity contribution in [3.05, 3.63) is 57.5 Å². The highest BCUT2D eigenvalue weighted by molar-refractivity contribution is 9.10. The van der Waals surface area contributed by atoms with Crippen LogP contribution < -0.4 is 15.4 Å². The summed E-state index contributed by atoms with van der Waals surface area (Å²) in [6.45, 7) is -0.144. The Balaban J connectivity index is 1.90. The summed E-state index contributed by atoms with van der Waals surface area (Å²) in [5.41, 5.74) is 0.997. The van der Waals surface area contributed by atoms with E-state index in [4.69, 9.17) is 16.3 Å². The molecule has 0 fully saturated rings. The molecule has 0 aliphatic carbocycles. The van der Waals surface area contributed by atoms with Crippen LogP contribution in [0.1, 0.15) is 10.4 Å². The smallest absolute Gasteiger partial charge is 0.251 e. The molecule has 0 unspecified atom stereocenters. The first-order valence-corrected chi connectivity index (χ1v) is 7.84. The van der Waals surface area contributed by atoms with Crippen molar-refractivity contribution in [2.24, 2.45) is 0 Å². The summed E-state index contributed by atoms with van der Waals surface area (Å²) in [5, 5.41) is 5.60. The number of anilines is 1. The first-order valence-electron chi connectivity index (χ1n) is 6.67. The Kier molecular flexibility index (Phi) is 6.01. The van der Waals surface area contributed by atoms with Crippen LogP contribution in [0.15, 0.2) is 46.9 Å². The van der Waals surface area contributed by atoms with Crippen molar-refractivity contribution in [3.63, 3.8) is 0 Å². The van der Waals surface area contributed by atoms with Crippen molar-refractivity contribution >= 4 is 45.0 Å². The number of carbonyl (C=O) groups is 2. The minimum Gasteiger partial charge on any atom is -0.495 e. The number of rotatable bonds is 5. The van der Waals surface area contributed by atoms with Gasteiger partial charge < -0.3 is 15.4 Å². The summed E-state index contributed by atoms with van der Waals surface area (Å²) in [7, 11) is 1.51. The number of nitrogens with one attached hydrogen (secondary N) is 2. The van der Waals surface area contributed by atoms with Crippen molar-refractivity contribution in [1.82, 2.24) is 5.32 Å². The molecule has 0 aromatic heterocycles. The Morgan fingerprint density at radius 3 is 2.65 bits per heavy atom. The van der Waals surface area contributed by atoms with Gasteiger partial charge in [-0.2, -0.15) is 0 Å². The third-order valence-corrected chi connectivity index (χ3v) is 3.72. The summed E-state index contributed by atoms with van der Waals surface area (Å²) >= 11 is 9.28. The normalized spacial score (nSPS) is 10.0. The van der Waals surface area contributed by atoms with Gasteiger partial charge in [0.1, 0.15) is 5.75 Å². The second-order valence-electron chi connectivity index (χ2n) is 4.59. The van der Waals surface area contributed by atoms with E-state index in [1.807, 2.05) is 6.07 Å². The van der Waals surface area contributed by atoms with Gasteiger partial charge in [-0.05, 0) is 36.4 Å². The van der Waals surface area contributed by atoms with Crippen LogP contribution in [0, 0.1) is 0 Å². The maximum absolute atomic E-state index is 11.9. The topological polar surface area (TPSA) is 67.4 Å². The molecule has 2 N–H and O–H groups in total. The lowest BCUT2D eigenvalue weighted by molar-refractivity contribution is -0.115. The van der Waals surface area contributed by atoms with E-state index < -0.39 is 0 Å². The molecule has 2 amide bonds. The standard InChI is InChI=1S/C16H14BrClN2O3/c1-23-14-6-5-12(8-13(14)18)20-15(21)9-19-16(22)10-3-2-4-11(17)7-10/h2-8H,9H2,1H3,(H,19,22)(H,20,21). The maximum atomic E-state index is 11.9. The van der Waals surface area contributed by atoms with E-state index in [1.165, 1.54) is 7.11 Å². The van der Waals surface area contributed by atoms with E-state index in [9.17, 15) is 9.59 Å². The molecule has 2 aromatic rings. The van der Waals surface area contributed by atoms with Gasteiger partial charge in [-0.15, -0.1) is 0 Å². The van der Waals surface area contributed by atoms with E-state index in [0.29, 0.717) is 22.0 Å². The average molecular weight is 398 g/mol. The highest BCUT2D eigenvalue weighted by atomic mass is 79.9. The molecular formula is C16H14BrClN2O3. The van der Waals surface area contributed by atoms with E-state index in [0.717, 1.165) is 4.47 Å². The fourth-order valence-electron chi connectivity index (χ4n) is 1.84. The van der Waals surface area contributed by atoms with Gasteiger partial charge in [-0.25, -0.2) is 0 Å². The highest BCUT2D eigenvalue weighted by Crippen LogP contribution is 2.27. The molecule has 0 spiro atoms. The molecule has 2 aromatic carbocycles. The van der Waals surface area contributed by atoms with Crippen LogP contribution in [0.5, 0.6) is 5.75 Å². The zero-order valence-electron chi connectivity index (χ0n) is 12.2. The summed E-state index contributed by atoms with van der Waals surface area (Å²) in [4.78, 5) is 23.8.